The largest absolute Gasteiger partial charge is 0.383 e. The molecule has 0 fully saturated rings. The standard InChI is InChI=1S/C10H11N5O2S2/c1-12-9(17)13-6(16)4-19-10-14-7(11)5-2-3-18-8(5)15-10/h2-3H,4H2,1H3,(H2,11,14,15)(H2,12,13,16,17). The predicted octanol–water partition coefficient (Wildman–Crippen LogP) is 0.821. The lowest BCUT2D eigenvalue weighted by atomic mass is 10.4. The maximum absolute atomic E-state index is 11.4. The Labute approximate surface area is 117 Å². The molecule has 4 N–H and O–H groups in total. The van der Waals surface area contributed by atoms with Gasteiger partial charge in [0.05, 0.1) is 11.1 Å². The molecule has 2 heterocycles. The molecule has 7 nitrogen and oxygen atoms in total. The Hall–Kier alpha value is -1.87. The molecular formula is C10H11N5O2S2. The Morgan fingerprint density at radius 1 is 1.47 bits per heavy atom. The second kappa shape index (κ2) is 5.85. The number of carbonyl (C=O) groups excluding carboxylic acids is 2. The normalized spacial score (nSPS) is 10.4. The molecule has 2 aromatic rings. The van der Waals surface area contributed by atoms with Crippen molar-refractivity contribution >= 4 is 51.1 Å². The number of rotatable bonds is 3. The van der Waals surface area contributed by atoms with E-state index in [1.54, 1.807) is 0 Å². The van der Waals surface area contributed by atoms with Crippen LogP contribution in [0.15, 0.2) is 16.6 Å². The molecule has 0 aliphatic heterocycles. The van der Waals surface area contributed by atoms with Crippen LogP contribution in [0, 0.1) is 0 Å². The summed E-state index contributed by atoms with van der Waals surface area (Å²) in [6.45, 7) is 0. The molecule has 19 heavy (non-hydrogen) atoms. The monoisotopic (exact) mass is 297 g/mol. The van der Waals surface area contributed by atoms with Crippen LogP contribution >= 0.6 is 23.1 Å². The van der Waals surface area contributed by atoms with Gasteiger partial charge in [0.1, 0.15) is 10.6 Å². The lowest BCUT2D eigenvalue weighted by Gasteiger charge is -2.03. The highest BCUT2D eigenvalue weighted by Gasteiger charge is 2.10. The van der Waals surface area contributed by atoms with Crippen LogP contribution < -0.4 is 16.4 Å². The third-order valence-corrected chi connectivity index (χ3v) is 3.80. The molecule has 3 amide bonds. The van der Waals surface area contributed by atoms with E-state index in [-0.39, 0.29) is 5.75 Å². The first kappa shape index (κ1) is 13.6. The Morgan fingerprint density at radius 2 is 2.26 bits per heavy atom. The van der Waals surface area contributed by atoms with Gasteiger partial charge < -0.3 is 11.1 Å². The van der Waals surface area contributed by atoms with Crippen molar-refractivity contribution in [1.82, 2.24) is 20.6 Å². The van der Waals surface area contributed by atoms with E-state index in [9.17, 15) is 9.59 Å². The van der Waals surface area contributed by atoms with Crippen LogP contribution in [0.1, 0.15) is 0 Å². The van der Waals surface area contributed by atoms with Gasteiger partial charge in [-0.05, 0) is 11.4 Å². The lowest BCUT2D eigenvalue weighted by molar-refractivity contribution is -0.117. The maximum atomic E-state index is 11.4. The number of nitrogens with two attached hydrogens (primary N) is 1. The summed E-state index contributed by atoms with van der Waals surface area (Å²) in [6.07, 6.45) is 0. The summed E-state index contributed by atoms with van der Waals surface area (Å²) in [7, 11) is 1.43. The van der Waals surface area contributed by atoms with Gasteiger partial charge in [-0.1, -0.05) is 11.8 Å². The third kappa shape index (κ3) is 3.32. The second-order valence-electron chi connectivity index (χ2n) is 3.45. The number of thioether (sulfide) groups is 1. The van der Waals surface area contributed by atoms with Crippen LogP contribution in [-0.2, 0) is 4.79 Å². The SMILES string of the molecule is CNC(=O)NC(=O)CSc1nc(N)c2ccsc2n1. The van der Waals surface area contributed by atoms with Gasteiger partial charge in [-0.2, -0.15) is 0 Å². The van der Waals surface area contributed by atoms with Crippen molar-refractivity contribution in [1.29, 1.82) is 0 Å². The van der Waals surface area contributed by atoms with Gasteiger partial charge >= 0.3 is 6.03 Å². The van der Waals surface area contributed by atoms with Gasteiger partial charge in [-0.15, -0.1) is 11.3 Å². The molecule has 0 bridgehead atoms. The van der Waals surface area contributed by atoms with Crippen molar-refractivity contribution in [3.8, 4) is 0 Å². The molecule has 0 aliphatic rings. The molecule has 2 rings (SSSR count). The molecule has 0 unspecified atom stereocenters. The number of imide groups is 1. The number of hydrogen-bond donors (Lipinski definition) is 3. The van der Waals surface area contributed by atoms with E-state index in [2.05, 4.69) is 20.6 Å². The molecule has 0 radical (unpaired) electrons. The summed E-state index contributed by atoms with van der Waals surface area (Å²) in [5.74, 6) is 0.0160. The number of nitrogen functional groups attached to an aromatic ring is 1. The zero-order chi connectivity index (χ0) is 13.8. The quantitative estimate of drug-likeness (QED) is 0.571. The van der Waals surface area contributed by atoms with E-state index in [1.165, 1.54) is 18.4 Å². The first-order chi connectivity index (χ1) is 9.10. The van der Waals surface area contributed by atoms with Crippen LogP contribution in [0.5, 0.6) is 0 Å². The number of hydrogen-bond acceptors (Lipinski definition) is 7. The van der Waals surface area contributed by atoms with Crippen molar-refractivity contribution < 1.29 is 9.59 Å². The van der Waals surface area contributed by atoms with Crippen LogP contribution in [0.2, 0.25) is 0 Å². The molecule has 0 spiro atoms. The molecule has 100 valence electrons. The number of fused-ring (bicyclic) bond motifs is 1. The number of nitrogens with zero attached hydrogens (tertiary/aromatic N) is 2. The fraction of sp³-hybridized carbons (Fsp3) is 0.200. The van der Waals surface area contributed by atoms with Gasteiger partial charge in [0, 0.05) is 7.05 Å². The highest BCUT2D eigenvalue weighted by molar-refractivity contribution is 7.99. The number of aromatic nitrogens is 2. The van der Waals surface area contributed by atoms with Gasteiger partial charge in [0.25, 0.3) is 0 Å². The Bertz CT molecular complexity index is 627. The number of anilines is 1. The number of urea groups is 1. The van der Waals surface area contributed by atoms with Crippen LogP contribution in [0.3, 0.4) is 0 Å². The highest BCUT2D eigenvalue weighted by atomic mass is 32.2. The van der Waals surface area contributed by atoms with Crippen molar-refractivity contribution in [2.24, 2.45) is 0 Å². The minimum atomic E-state index is -0.542. The fourth-order valence-corrected chi connectivity index (χ4v) is 2.76. The van der Waals surface area contributed by atoms with E-state index in [0.717, 1.165) is 22.0 Å². The summed E-state index contributed by atoms with van der Waals surface area (Å²) in [5, 5.41) is 7.55. The lowest BCUT2D eigenvalue weighted by Crippen LogP contribution is -2.38. The number of thiophene rings is 1. The van der Waals surface area contributed by atoms with E-state index >= 15 is 0 Å². The molecule has 0 saturated carbocycles. The second-order valence-corrected chi connectivity index (χ2v) is 5.28. The zero-order valence-corrected chi connectivity index (χ0v) is 11.6. The number of carbonyl (C=O) groups is 2. The fourth-order valence-electron chi connectivity index (χ4n) is 1.28. The van der Waals surface area contributed by atoms with E-state index < -0.39 is 11.9 Å². The van der Waals surface area contributed by atoms with Crippen LogP contribution in [0.4, 0.5) is 10.6 Å². The highest BCUT2D eigenvalue weighted by Crippen LogP contribution is 2.25. The van der Waals surface area contributed by atoms with Gasteiger partial charge in [0.15, 0.2) is 5.16 Å². The summed E-state index contributed by atoms with van der Waals surface area (Å²) >= 11 is 2.58. The molecule has 0 aromatic carbocycles. The molecule has 0 atom stereocenters. The van der Waals surface area contributed by atoms with Crippen molar-refractivity contribution in [2.45, 2.75) is 5.16 Å². The topological polar surface area (TPSA) is 110 Å². The minimum absolute atomic E-state index is 0.0454. The average molecular weight is 297 g/mol. The van der Waals surface area contributed by atoms with Gasteiger partial charge in [0.2, 0.25) is 5.91 Å². The van der Waals surface area contributed by atoms with E-state index in [0.29, 0.717) is 11.0 Å². The maximum Gasteiger partial charge on any atom is 0.321 e. The summed E-state index contributed by atoms with van der Waals surface area (Å²) in [6, 6.07) is 1.31. The van der Waals surface area contributed by atoms with Crippen molar-refractivity contribution in [2.75, 3.05) is 18.5 Å². The average Bonchev–Trinajstić information content (AvgIpc) is 2.85. The first-order valence-corrected chi connectivity index (χ1v) is 7.11. The Kier molecular flexibility index (Phi) is 4.17. The molecule has 2 aromatic heterocycles. The zero-order valence-electron chi connectivity index (χ0n) is 9.97. The Morgan fingerprint density at radius 3 is 3.00 bits per heavy atom. The van der Waals surface area contributed by atoms with Crippen LogP contribution in [0.25, 0.3) is 10.2 Å². The molecular weight excluding hydrogens is 286 g/mol. The number of nitrogens with one attached hydrogen (secondary N) is 2. The molecule has 9 heteroatoms. The summed E-state index contributed by atoms with van der Waals surface area (Å²) < 4.78 is 0. The van der Waals surface area contributed by atoms with Gasteiger partial charge in [-0.3, -0.25) is 10.1 Å². The Balaban J connectivity index is 2.01. The van der Waals surface area contributed by atoms with Crippen molar-refractivity contribution in [3.05, 3.63) is 11.4 Å². The van der Waals surface area contributed by atoms with Crippen molar-refractivity contribution in [3.63, 3.8) is 0 Å². The van der Waals surface area contributed by atoms with E-state index in [4.69, 9.17) is 5.73 Å². The van der Waals surface area contributed by atoms with E-state index in [1.807, 2.05) is 11.4 Å². The number of amides is 3. The predicted molar refractivity (Wildman–Crippen MR) is 75.1 cm³/mol. The summed E-state index contributed by atoms with van der Waals surface area (Å²) in [4.78, 5) is 31.5. The smallest absolute Gasteiger partial charge is 0.321 e. The summed E-state index contributed by atoms with van der Waals surface area (Å²) in [5.41, 5.74) is 5.79. The van der Waals surface area contributed by atoms with Crippen LogP contribution in [-0.4, -0.2) is 34.7 Å². The minimum Gasteiger partial charge on any atom is -0.383 e. The molecule has 0 saturated heterocycles. The molecule has 0 aliphatic carbocycles. The first-order valence-electron chi connectivity index (χ1n) is 5.25. The third-order valence-electron chi connectivity index (χ3n) is 2.15. The van der Waals surface area contributed by atoms with Gasteiger partial charge in [-0.25, -0.2) is 14.8 Å².